The summed E-state index contributed by atoms with van der Waals surface area (Å²) in [6.07, 6.45) is 0. The van der Waals surface area contributed by atoms with Crippen LogP contribution in [0.3, 0.4) is 0 Å². The summed E-state index contributed by atoms with van der Waals surface area (Å²) < 4.78 is 6.57. The standard InChI is InChI=1S/C54H29B5O/c55-50-49(51(56)53(58)54(59)52(50)57)47-39-21-8-6-19-37(39)46(38-20-7-9-22-40(38)47)42-29-34(28-32-15-4-5-18-35(32)42)45-36(25-26-44-48(45)41-23-10-11-24-43(41)60-44)33-17-12-16-31(27-33)30-13-2-1-3-14-30/h1-29H. The average Bonchev–Trinajstić information content (AvgIpc) is 3.68. The first kappa shape index (κ1) is 36.2. The molecular formula is C54H29B5O. The van der Waals surface area contributed by atoms with E-state index in [0.29, 0.717) is 16.5 Å². The summed E-state index contributed by atoms with van der Waals surface area (Å²) in [5.74, 6) is 0. The van der Waals surface area contributed by atoms with Gasteiger partial charge in [-0.3, -0.25) is 0 Å². The minimum absolute atomic E-state index is 0.189. The lowest BCUT2D eigenvalue weighted by Crippen LogP contribution is -2.55. The van der Waals surface area contributed by atoms with Crippen molar-refractivity contribution in [2.75, 3.05) is 0 Å². The fraction of sp³-hybridized carbons (Fsp3) is 0. The van der Waals surface area contributed by atoms with Gasteiger partial charge in [-0.05, 0) is 113 Å². The molecule has 0 aliphatic heterocycles. The molecule has 0 fully saturated rings. The van der Waals surface area contributed by atoms with Gasteiger partial charge in [-0.1, -0.05) is 157 Å². The van der Waals surface area contributed by atoms with E-state index in [1.54, 1.807) is 0 Å². The zero-order valence-corrected chi connectivity index (χ0v) is 32.5. The third-order valence-electron chi connectivity index (χ3n) is 12.1. The van der Waals surface area contributed by atoms with Crippen LogP contribution in [0.5, 0.6) is 0 Å². The molecule has 11 rings (SSSR count). The molecule has 10 aromatic carbocycles. The Bertz CT molecular complexity index is 3460. The molecule has 0 aliphatic rings. The van der Waals surface area contributed by atoms with Crippen molar-refractivity contribution in [3.8, 4) is 55.6 Å². The maximum Gasteiger partial charge on any atom is 0.136 e. The van der Waals surface area contributed by atoms with Crippen LogP contribution in [-0.4, -0.2) is 39.2 Å². The predicted octanol–water partition coefficient (Wildman–Crippen LogP) is 9.35. The normalized spacial score (nSPS) is 11.7. The van der Waals surface area contributed by atoms with E-state index in [1.807, 2.05) is 24.3 Å². The zero-order valence-electron chi connectivity index (χ0n) is 32.5. The average molecular weight is 748 g/mol. The van der Waals surface area contributed by atoms with Gasteiger partial charge in [0.15, 0.2) is 0 Å². The van der Waals surface area contributed by atoms with Gasteiger partial charge in [-0.15, -0.1) is 16.4 Å². The Morgan fingerprint density at radius 2 is 0.817 bits per heavy atom. The van der Waals surface area contributed by atoms with Crippen molar-refractivity contribution in [3.05, 3.63) is 176 Å². The zero-order chi connectivity index (χ0) is 40.6. The summed E-state index contributed by atoms with van der Waals surface area (Å²) in [5, 5.41) is 8.37. The highest BCUT2D eigenvalue weighted by molar-refractivity contribution is 6.69. The van der Waals surface area contributed by atoms with Gasteiger partial charge >= 0.3 is 0 Å². The molecule has 1 nitrogen and oxygen atoms in total. The molecule has 0 saturated carbocycles. The fourth-order valence-electron chi connectivity index (χ4n) is 9.32. The summed E-state index contributed by atoms with van der Waals surface area (Å²) in [6.45, 7) is 0. The van der Waals surface area contributed by atoms with E-state index in [4.69, 9.17) is 43.6 Å². The molecule has 0 amide bonds. The second kappa shape index (κ2) is 14.1. The molecule has 0 saturated heterocycles. The van der Waals surface area contributed by atoms with Crippen molar-refractivity contribution in [3.63, 3.8) is 0 Å². The van der Waals surface area contributed by atoms with E-state index in [-0.39, 0.29) is 16.4 Å². The van der Waals surface area contributed by atoms with Gasteiger partial charge in [-0.2, -0.15) is 0 Å². The molecule has 0 spiro atoms. The Morgan fingerprint density at radius 1 is 0.283 bits per heavy atom. The summed E-state index contributed by atoms with van der Waals surface area (Å²) in [4.78, 5) is 0. The van der Waals surface area contributed by atoms with Crippen LogP contribution in [0.2, 0.25) is 0 Å². The highest BCUT2D eigenvalue weighted by atomic mass is 16.3. The number of rotatable bonds is 5. The van der Waals surface area contributed by atoms with Crippen LogP contribution < -0.4 is 27.3 Å². The molecule has 0 N–H and O–H groups in total. The molecule has 0 unspecified atom stereocenters. The number of hydrogen-bond acceptors (Lipinski definition) is 1. The Balaban J connectivity index is 1.26. The number of para-hydroxylation sites is 1. The van der Waals surface area contributed by atoms with Gasteiger partial charge in [0.25, 0.3) is 0 Å². The van der Waals surface area contributed by atoms with E-state index >= 15 is 0 Å². The van der Waals surface area contributed by atoms with E-state index in [2.05, 4.69) is 152 Å². The second-order valence-corrected chi connectivity index (χ2v) is 15.4. The predicted molar refractivity (Wildman–Crippen MR) is 260 cm³/mol. The summed E-state index contributed by atoms with van der Waals surface area (Å²) in [6, 6.07) is 62.1. The largest absolute Gasteiger partial charge is 0.456 e. The van der Waals surface area contributed by atoms with Crippen molar-refractivity contribution >= 4 is 121 Å². The van der Waals surface area contributed by atoms with Crippen LogP contribution in [0.15, 0.2) is 180 Å². The van der Waals surface area contributed by atoms with E-state index in [1.165, 1.54) is 5.56 Å². The second-order valence-electron chi connectivity index (χ2n) is 15.4. The quantitative estimate of drug-likeness (QED) is 0.126. The van der Waals surface area contributed by atoms with Gasteiger partial charge in [-0.25, -0.2) is 0 Å². The Kier molecular flexibility index (Phi) is 8.53. The topological polar surface area (TPSA) is 13.1 Å². The van der Waals surface area contributed by atoms with Crippen LogP contribution in [0, 0.1) is 0 Å². The van der Waals surface area contributed by atoms with Crippen LogP contribution in [-0.2, 0) is 0 Å². The van der Waals surface area contributed by atoms with Crippen LogP contribution in [0.4, 0.5) is 0 Å². The third kappa shape index (κ3) is 5.55. The molecule has 10 radical (unpaired) electrons. The number of hydrogen-bond donors (Lipinski definition) is 0. The van der Waals surface area contributed by atoms with E-state index < -0.39 is 0 Å². The smallest absolute Gasteiger partial charge is 0.136 e. The minimum atomic E-state index is 0.189. The van der Waals surface area contributed by atoms with E-state index in [0.717, 1.165) is 98.8 Å². The Hall–Kier alpha value is -6.90. The highest BCUT2D eigenvalue weighted by Gasteiger charge is 2.24. The SMILES string of the molecule is [B]c1c([B])c([B])c(-c2c3ccccc3c(-c3cc(-c4c(-c5cccc(-c6ccccc6)c5)ccc5oc6ccccc6c45)cc4ccccc34)c3ccccc23)c([B])c1[B]. The monoisotopic (exact) mass is 748 g/mol. The first-order valence-electron chi connectivity index (χ1n) is 20.0. The number of fused-ring (bicyclic) bond motifs is 6. The van der Waals surface area contributed by atoms with Crippen molar-refractivity contribution < 1.29 is 4.42 Å². The van der Waals surface area contributed by atoms with Crippen molar-refractivity contribution in [1.82, 2.24) is 0 Å². The lowest BCUT2D eigenvalue weighted by Gasteiger charge is -2.25. The first-order chi connectivity index (χ1) is 29.4. The van der Waals surface area contributed by atoms with Gasteiger partial charge in [0, 0.05) is 16.3 Å². The summed E-state index contributed by atoms with van der Waals surface area (Å²) in [7, 11) is 32.9. The van der Waals surface area contributed by atoms with E-state index in [9.17, 15) is 0 Å². The molecule has 0 atom stereocenters. The van der Waals surface area contributed by atoms with Crippen LogP contribution in [0.1, 0.15) is 0 Å². The molecule has 0 aliphatic carbocycles. The summed E-state index contributed by atoms with van der Waals surface area (Å²) in [5.41, 5.74) is 13.3. The van der Waals surface area contributed by atoms with Crippen molar-refractivity contribution in [1.29, 1.82) is 0 Å². The molecule has 1 heterocycles. The van der Waals surface area contributed by atoms with Gasteiger partial charge in [0.05, 0.1) is 0 Å². The molecule has 0 bridgehead atoms. The van der Waals surface area contributed by atoms with Gasteiger partial charge in [0.2, 0.25) is 0 Å². The molecule has 11 aromatic rings. The Morgan fingerprint density at radius 3 is 1.50 bits per heavy atom. The first-order valence-corrected chi connectivity index (χ1v) is 20.0. The fourth-order valence-corrected chi connectivity index (χ4v) is 9.32. The molecule has 1 aromatic heterocycles. The number of benzene rings is 10. The maximum absolute atomic E-state index is 6.81. The van der Waals surface area contributed by atoms with Crippen LogP contribution >= 0.6 is 0 Å². The summed E-state index contributed by atoms with van der Waals surface area (Å²) >= 11 is 0. The highest BCUT2D eigenvalue weighted by Crippen LogP contribution is 2.49. The maximum atomic E-state index is 6.81. The van der Waals surface area contributed by atoms with Crippen molar-refractivity contribution in [2.45, 2.75) is 0 Å². The molecule has 6 heteroatoms. The van der Waals surface area contributed by atoms with Gasteiger partial charge < -0.3 is 4.42 Å². The molecular weight excluding hydrogens is 719 g/mol. The van der Waals surface area contributed by atoms with Gasteiger partial charge in [0.1, 0.15) is 50.4 Å². The minimum Gasteiger partial charge on any atom is -0.456 e. The Labute approximate surface area is 355 Å². The number of furan rings is 1. The third-order valence-corrected chi connectivity index (χ3v) is 12.1. The molecule has 266 valence electrons. The molecule has 60 heavy (non-hydrogen) atoms. The van der Waals surface area contributed by atoms with Crippen LogP contribution in [0.25, 0.3) is 110 Å². The van der Waals surface area contributed by atoms with Crippen molar-refractivity contribution in [2.24, 2.45) is 0 Å². The lowest BCUT2D eigenvalue weighted by molar-refractivity contribution is 0.669. The lowest BCUT2D eigenvalue weighted by atomic mass is 9.59.